The van der Waals surface area contributed by atoms with Gasteiger partial charge in [0.15, 0.2) is 6.29 Å². The van der Waals surface area contributed by atoms with Crippen LogP contribution in [-0.4, -0.2) is 67.8 Å². The standard InChI is InChI=1S/C37H53ClN2O6S/c1-6-8-24(3)25(4)47(42)39-37(41)28-12-15-35-34(17-28)40(19-29-11-10-26(29)18-36-45-22-32(43-5)23-46-36)20-30(21-44-35)33-14-13-31(38)16-27(33)9-7-2/h12-17,24-26,29-30,32,36H,6-11,18-23H2,1-5H3,(H,39,41). The zero-order valence-electron chi connectivity index (χ0n) is 28.7. The van der Waals surface area contributed by atoms with Gasteiger partial charge in [-0.05, 0) is 91.8 Å². The number of hydrogen-bond acceptors (Lipinski definition) is 7. The Kier molecular flexibility index (Phi) is 13.0. The van der Waals surface area contributed by atoms with Crippen LogP contribution in [0.25, 0.3) is 0 Å². The van der Waals surface area contributed by atoms with Crippen molar-refractivity contribution in [3.8, 4) is 5.75 Å². The third kappa shape index (κ3) is 9.09. The predicted molar refractivity (Wildman–Crippen MR) is 189 cm³/mol. The van der Waals surface area contributed by atoms with Crippen molar-refractivity contribution in [2.45, 2.75) is 96.2 Å². The number of amides is 1. The van der Waals surface area contributed by atoms with Gasteiger partial charge in [-0.3, -0.25) is 9.52 Å². The number of fused-ring (bicyclic) bond motifs is 1. The minimum Gasteiger partial charge on any atom is -0.491 e. The quantitative estimate of drug-likeness (QED) is 0.223. The van der Waals surface area contributed by atoms with Crippen LogP contribution in [0.5, 0.6) is 5.75 Å². The number of methoxy groups -OCH3 is 1. The molecule has 0 spiro atoms. The number of ether oxygens (including phenoxy) is 4. The predicted octanol–water partition coefficient (Wildman–Crippen LogP) is 7.30. The molecule has 6 unspecified atom stereocenters. The summed E-state index contributed by atoms with van der Waals surface area (Å²) in [7, 11) is 0.210. The van der Waals surface area contributed by atoms with Crippen molar-refractivity contribution >= 4 is 34.2 Å². The number of halogens is 1. The number of nitrogens with one attached hydrogen (secondary N) is 1. The number of rotatable bonds is 14. The summed E-state index contributed by atoms with van der Waals surface area (Å²) in [6.07, 6.45) is 6.89. The summed E-state index contributed by atoms with van der Waals surface area (Å²) < 4.78 is 39.7. The summed E-state index contributed by atoms with van der Waals surface area (Å²) in [5, 5.41) is 0.615. The van der Waals surface area contributed by atoms with Gasteiger partial charge in [0.05, 0.1) is 30.8 Å². The average Bonchev–Trinajstić information content (AvgIpc) is 3.24. The summed E-state index contributed by atoms with van der Waals surface area (Å²) in [5.74, 6) is 1.76. The van der Waals surface area contributed by atoms with Crippen LogP contribution in [0.1, 0.15) is 93.6 Å². The van der Waals surface area contributed by atoms with E-state index in [9.17, 15) is 9.00 Å². The number of anilines is 1. The number of carbonyl (C=O) groups excluding carboxylic acids is 1. The molecule has 2 heterocycles. The maximum atomic E-state index is 13.4. The molecule has 6 atom stereocenters. The van der Waals surface area contributed by atoms with Crippen LogP contribution in [0.15, 0.2) is 36.4 Å². The third-order valence-electron chi connectivity index (χ3n) is 10.4. The molecule has 2 aromatic rings. The lowest BCUT2D eigenvalue weighted by atomic mass is 9.71. The second-order valence-corrected chi connectivity index (χ2v) is 15.7. The summed E-state index contributed by atoms with van der Waals surface area (Å²) in [6.45, 7) is 11.6. The van der Waals surface area contributed by atoms with Crippen LogP contribution in [0, 0.1) is 17.8 Å². The lowest BCUT2D eigenvalue weighted by molar-refractivity contribution is -0.231. The Hall–Kier alpha value is -2.17. The fraction of sp³-hybridized carbons (Fsp3) is 0.649. The van der Waals surface area contributed by atoms with Gasteiger partial charge in [-0.15, -0.1) is 0 Å². The summed E-state index contributed by atoms with van der Waals surface area (Å²) in [5.41, 5.74) is 3.91. The van der Waals surface area contributed by atoms with Crippen molar-refractivity contribution < 1.29 is 28.0 Å². The number of hydrogen-bond donors (Lipinski definition) is 1. The fourth-order valence-electron chi connectivity index (χ4n) is 7.12. The minimum atomic E-state index is -1.48. The van der Waals surface area contributed by atoms with Crippen molar-refractivity contribution in [3.05, 3.63) is 58.1 Å². The van der Waals surface area contributed by atoms with Gasteiger partial charge >= 0.3 is 0 Å². The minimum absolute atomic E-state index is 0.00813. The molecule has 1 N–H and O–H groups in total. The monoisotopic (exact) mass is 688 g/mol. The molecule has 0 bridgehead atoms. The lowest BCUT2D eigenvalue weighted by Crippen LogP contribution is -2.43. The van der Waals surface area contributed by atoms with Crippen LogP contribution >= 0.6 is 11.6 Å². The maximum absolute atomic E-state index is 13.4. The topological polar surface area (TPSA) is 86.3 Å². The molecule has 10 heteroatoms. The molecule has 1 amide bonds. The average molecular weight is 689 g/mol. The first-order valence-corrected chi connectivity index (χ1v) is 19.1. The summed E-state index contributed by atoms with van der Waals surface area (Å²) in [4.78, 5) is 15.9. The molecule has 0 aromatic heterocycles. The lowest BCUT2D eigenvalue weighted by Gasteiger charge is -2.43. The smallest absolute Gasteiger partial charge is 0.263 e. The van der Waals surface area contributed by atoms with Gasteiger partial charge in [-0.2, -0.15) is 0 Å². The zero-order chi connectivity index (χ0) is 33.5. The van der Waals surface area contributed by atoms with Crippen LogP contribution in [0.3, 0.4) is 0 Å². The molecule has 3 aliphatic rings. The summed E-state index contributed by atoms with van der Waals surface area (Å²) in [6, 6.07) is 11.8. The first kappa shape index (κ1) is 36.1. The number of benzene rings is 2. The van der Waals surface area contributed by atoms with Crippen molar-refractivity contribution in [1.29, 1.82) is 0 Å². The van der Waals surface area contributed by atoms with Gasteiger partial charge in [0.1, 0.15) is 22.8 Å². The molecule has 260 valence electrons. The van der Waals surface area contributed by atoms with Crippen LogP contribution in [0.4, 0.5) is 5.69 Å². The van der Waals surface area contributed by atoms with Gasteiger partial charge < -0.3 is 23.8 Å². The molecule has 2 fully saturated rings. The van der Waals surface area contributed by atoms with E-state index in [1.165, 1.54) is 11.1 Å². The van der Waals surface area contributed by atoms with E-state index in [1.807, 2.05) is 25.1 Å². The molecule has 1 saturated heterocycles. The molecule has 5 rings (SSSR count). The van der Waals surface area contributed by atoms with E-state index in [4.69, 9.17) is 30.5 Å². The highest BCUT2D eigenvalue weighted by Crippen LogP contribution is 2.43. The molecular formula is C37H53ClN2O6S. The highest BCUT2D eigenvalue weighted by atomic mass is 35.5. The van der Waals surface area contributed by atoms with Gasteiger partial charge in [0, 0.05) is 43.1 Å². The maximum Gasteiger partial charge on any atom is 0.263 e. The van der Waals surface area contributed by atoms with Crippen LogP contribution in [0.2, 0.25) is 5.02 Å². The van der Waals surface area contributed by atoms with Crippen molar-refractivity contribution in [1.82, 2.24) is 4.72 Å². The fourth-order valence-corrected chi connectivity index (χ4v) is 8.35. The van der Waals surface area contributed by atoms with Crippen molar-refractivity contribution in [2.75, 3.05) is 44.9 Å². The van der Waals surface area contributed by atoms with E-state index in [0.29, 0.717) is 37.2 Å². The van der Waals surface area contributed by atoms with Crippen molar-refractivity contribution in [3.63, 3.8) is 0 Å². The Morgan fingerprint density at radius 3 is 2.51 bits per heavy atom. The van der Waals surface area contributed by atoms with Crippen LogP contribution in [-0.2, 0) is 31.6 Å². The van der Waals surface area contributed by atoms with E-state index in [2.05, 4.69) is 42.5 Å². The molecule has 0 radical (unpaired) electrons. The molecule has 2 aromatic carbocycles. The highest BCUT2D eigenvalue weighted by molar-refractivity contribution is 7.84. The van der Waals surface area contributed by atoms with E-state index in [1.54, 1.807) is 13.2 Å². The molecule has 47 heavy (non-hydrogen) atoms. The number of aryl methyl sites for hydroxylation is 1. The first-order chi connectivity index (χ1) is 22.7. The third-order valence-corrected chi connectivity index (χ3v) is 12.1. The zero-order valence-corrected chi connectivity index (χ0v) is 30.2. The Morgan fingerprint density at radius 1 is 1.06 bits per heavy atom. The number of carbonyl (C=O) groups is 1. The van der Waals surface area contributed by atoms with Gasteiger partial charge in [0.25, 0.3) is 5.91 Å². The van der Waals surface area contributed by atoms with Gasteiger partial charge in [-0.25, -0.2) is 4.21 Å². The van der Waals surface area contributed by atoms with E-state index in [-0.39, 0.29) is 35.4 Å². The van der Waals surface area contributed by atoms with Gasteiger partial charge in [0.2, 0.25) is 0 Å². The van der Waals surface area contributed by atoms with E-state index < -0.39 is 11.0 Å². The molecule has 1 aliphatic carbocycles. The normalized spacial score (nSPS) is 26.3. The molecule has 1 saturated carbocycles. The SMILES string of the molecule is CCCc1cc(Cl)ccc1C1COc2ccc(C(=O)NS(=O)C(C)C(C)CCC)cc2N(CC2CCC2CC2OCC(OC)CO2)C1. The first-order valence-electron chi connectivity index (χ1n) is 17.5. The largest absolute Gasteiger partial charge is 0.491 e. The Labute approximate surface area is 288 Å². The van der Waals surface area contributed by atoms with Crippen LogP contribution < -0.4 is 14.4 Å². The Morgan fingerprint density at radius 2 is 1.83 bits per heavy atom. The second-order valence-electron chi connectivity index (χ2n) is 13.7. The molecule has 2 aliphatic heterocycles. The van der Waals surface area contributed by atoms with E-state index >= 15 is 0 Å². The Balaban J connectivity index is 1.37. The highest BCUT2D eigenvalue weighted by Gasteiger charge is 2.38. The van der Waals surface area contributed by atoms with E-state index in [0.717, 1.165) is 74.5 Å². The molecule has 8 nitrogen and oxygen atoms in total. The number of nitrogens with zero attached hydrogens (tertiary/aromatic N) is 1. The second kappa shape index (κ2) is 17.0. The van der Waals surface area contributed by atoms with Gasteiger partial charge in [-0.1, -0.05) is 51.3 Å². The summed E-state index contributed by atoms with van der Waals surface area (Å²) >= 11 is 6.44. The Bertz CT molecular complexity index is 1370. The molecular weight excluding hydrogens is 636 g/mol. The van der Waals surface area contributed by atoms with Crippen molar-refractivity contribution in [2.24, 2.45) is 17.8 Å².